The number of ether oxygens (including phenoxy) is 1. The van der Waals surface area contributed by atoms with E-state index in [1.54, 1.807) is 18.2 Å². The zero-order valence-corrected chi connectivity index (χ0v) is 19.8. The van der Waals surface area contributed by atoms with E-state index in [0.717, 1.165) is 36.5 Å². The number of aliphatic imine (C=N–C) groups is 1. The summed E-state index contributed by atoms with van der Waals surface area (Å²) in [5.41, 5.74) is 2.91. The van der Waals surface area contributed by atoms with E-state index in [1.165, 1.54) is 6.07 Å². The Morgan fingerprint density at radius 3 is 2.60 bits per heavy atom. The second-order valence-corrected chi connectivity index (χ2v) is 6.68. The molecule has 1 heterocycles. The molecule has 0 aliphatic rings. The van der Waals surface area contributed by atoms with Gasteiger partial charge in [0.1, 0.15) is 5.75 Å². The van der Waals surface area contributed by atoms with Crippen molar-refractivity contribution < 1.29 is 17.9 Å². The molecule has 2 aromatic rings. The van der Waals surface area contributed by atoms with Gasteiger partial charge in [-0.25, -0.2) is 4.99 Å². The van der Waals surface area contributed by atoms with E-state index in [4.69, 9.17) is 4.74 Å². The van der Waals surface area contributed by atoms with Gasteiger partial charge < -0.3 is 15.4 Å². The normalized spacial score (nSPS) is 11.7. The number of nitrogens with one attached hydrogen (secondary N) is 2. The summed E-state index contributed by atoms with van der Waals surface area (Å²) >= 11 is 0. The Morgan fingerprint density at radius 2 is 1.97 bits per heavy atom. The minimum atomic E-state index is -4.36. The highest BCUT2D eigenvalue weighted by atomic mass is 127. The van der Waals surface area contributed by atoms with E-state index in [2.05, 4.69) is 20.7 Å². The van der Waals surface area contributed by atoms with Crippen LogP contribution in [0, 0.1) is 13.8 Å². The van der Waals surface area contributed by atoms with Gasteiger partial charge in [-0.2, -0.15) is 18.3 Å². The van der Waals surface area contributed by atoms with E-state index in [0.29, 0.717) is 19.0 Å². The first-order valence-electron chi connectivity index (χ1n) is 9.58. The molecular weight excluding hydrogens is 510 g/mol. The average molecular weight is 539 g/mol. The highest BCUT2D eigenvalue weighted by Crippen LogP contribution is 2.19. The summed E-state index contributed by atoms with van der Waals surface area (Å²) in [6, 6.07) is 8.58. The van der Waals surface area contributed by atoms with Crippen molar-refractivity contribution in [3.8, 4) is 5.75 Å². The van der Waals surface area contributed by atoms with Gasteiger partial charge >= 0.3 is 6.18 Å². The maximum absolute atomic E-state index is 12.3. The molecule has 0 amide bonds. The Balaban J connectivity index is 0.00000450. The van der Waals surface area contributed by atoms with Crippen LogP contribution in [-0.4, -0.2) is 41.6 Å². The predicted molar refractivity (Wildman–Crippen MR) is 123 cm³/mol. The SMILES string of the molecule is CCNC(=NCc1cccc(OCC(F)(F)F)c1)NCCCn1nc(C)cc1C.I. The third kappa shape index (κ3) is 9.68. The third-order valence-electron chi connectivity index (χ3n) is 4.01. The van der Waals surface area contributed by atoms with Crippen LogP contribution in [0.5, 0.6) is 5.75 Å². The monoisotopic (exact) mass is 539 g/mol. The molecule has 0 aliphatic carbocycles. The first kappa shape index (κ1) is 26.1. The minimum Gasteiger partial charge on any atom is -0.484 e. The van der Waals surface area contributed by atoms with Crippen LogP contribution in [0.1, 0.15) is 30.3 Å². The fourth-order valence-corrected chi connectivity index (χ4v) is 2.75. The van der Waals surface area contributed by atoms with Gasteiger partial charge in [-0.3, -0.25) is 4.68 Å². The Bertz CT molecular complexity index is 808. The summed E-state index contributed by atoms with van der Waals surface area (Å²) in [6.45, 7) is 7.24. The molecule has 2 N–H and O–H groups in total. The first-order chi connectivity index (χ1) is 13.8. The fourth-order valence-electron chi connectivity index (χ4n) is 2.75. The molecule has 0 fully saturated rings. The van der Waals surface area contributed by atoms with Gasteiger partial charge in [0.05, 0.1) is 12.2 Å². The number of halogens is 4. The zero-order chi connectivity index (χ0) is 21.3. The highest BCUT2D eigenvalue weighted by molar-refractivity contribution is 14.0. The Hall–Kier alpha value is -1.98. The van der Waals surface area contributed by atoms with Crippen molar-refractivity contribution in [1.29, 1.82) is 0 Å². The van der Waals surface area contributed by atoms with Crippen molar-refractivity contribution in [3.63, 3.8) is 0 Å². The van der Waals surface area contributed by atoms with Crippen LogP contribution in [0.3, 0.4) is 0 Å². The van der Waals surface area contributed by atoms with Gasteiger partial charge in [-0.15, -0.1) is 24.0 Å². The summed E-state index contributed by atoms with van der Waals surface area (Å²) in [5, 5.41) is 10.9. The molecule has 0 unspecified atom stereocenters. The van der Waals surface area contributed by atoms with Gasteiger partial charge in [0.25, 0.3) is 0 Å². The van der Waals surface area contributed by atoms with E-state index in [-0.39, 0.29) is 29.7 Å². The summed E-state index contributed by atoms with van der Waals surface area (Å²) in [6.07, 6.45) is -3.48. The minimum absolute atomic E-state index is 0. The second kappa shape index (κ2) is 12.7. The molecule has 10 heteroatoms. The van der Waals surface area contributed by atoms with Gasteiger partial charge in [0.2, 0.25) is 0 Å². The number of rotatable bonds is 9. The van der Waals surface area contributed by atoms with Gasteiger partial charge in [0, 0.05) is 25.3 Å². The number of guanidine groups is 1. The molecule has 0 bridgehead atoms. The molecule has 6 nitrogen and oxygen atoms in total. The molecule has 0 spiro atoms. The van der Waals surface area contributed by atoms with Crippen molar-refractivity contribution in [3.05, 3.63) is 47.3 Å². The van der Waals surface area contributed by atoms with E-state index >= 15 is 0 Å². The van der Waals surface area contributed by atoms with E-state index in [9.17, 15) is 13.2 Å². The Kier molecular flexibility index (Phi) is 11.0. The third-order valence-corrected chi connectivity index (χ3v) is 4.01. The molecule has 0 atom stereocenters. The molecule has 0 saturated carbocycles. The first-order valence-corrected chi connectivity index (χ1v) is 9.58. The van der Waals surface area contributed by atoms with E-state index in [1.807, 2.05) is 31.5 Å². The van der Waals surface area contributed by atoms with Crippen molar-refractivity contribution in [1.82, 2.24) is 20.4 Å². The lowest BCUT2D eigenvalue weighted by Gasteiger charge is -2.12. The van der Waals surface area contributed by atoms with Crippen LogP contribution < -0.4 is 15.4 Å². The van der Waals surface area contributed by atoms with E-state index < -0.39 is 12.8 Å². The van der Waals surface area contributed by atoms with Crippen LogP contribution in [0.25, 0.3) is 0 Å². The molecule has 30 heavy (non-hydrogen) atoms. The van der Waals surface area contributed by atoms with Crippen molar-refractivity contribution in [2.75, 3.05) is 19.7 Å². The van der Waals surface area contributed by atoms with Gasteiger partial charge in [0.15, 0.2) is 12.6 Å². The summed E-state index contributed by atoms with van der Waals surface area (Å²) in [7, 11) is 0. The summed E-state index contributed by atoms with van der Waals surface area (Å²) < 4.78 is 43.6. The smallest absolute Gasteiger partial charge is 0.422 e. The number of aromatic nitrogens is 2. The topological polar surface area (TPSA) is 63.5 Å². The molecule has 1 aromatic carbocycles. The molecule has 0 aliphatic heterocycles. The molecule has 1 aromatic heterocycles. The molecular formula is C20H29F3IN5O. The molecule has 2 rings (SSSR count). The Morgan fingerprint density at radius 1 is 1.20 bits per heavy atom. The average Bonchev–Trinajstić information content (AvgIpc) is 2.98. The lowest BCUT2D eigenvalue weighted by atomic mass is 10.2. The number of hydrogen-bond acceptors (Lipinski definition) is 3. The summed E-state index contributed by atoms with van der Waals surface area (Å²) in [4.78, 5) is 4.49. The molecule has 168 valence electrons. The number of alkyl halides is 3. The van der Waals surface area contributed by atoms with Gasteiger partial charge in [-0.05, 0) is 51.0 Å². The summed E-state index contributed by atoms with van der Waals surface area (Å²) in [5.74, 6) is 0.834. The number of hydrogen-bond donors (Lipinski definition) is 2. The molecule has 0 radical (unpaired) electrons. The van der Waals surface area contributed by atoms with Crippen molar-refractivity contribution >= 4 is 29.9 Å². The zero-order valence-electron chi connectivity index (χ0n) is 17.4. The standard InChI is InChI=1S/C20H28F3N5O.HI/c1-4-24-19(25-9-6-10-28-16(3)11-15(2)27-28)26-13-17-7-5-8-18(12-17)29-14-20(21,22)23;/h5,7-8,11-12H,4,6,9-10,13-14H2,1-3H3,(H2,24,25,26);1H. The lowest BCUT2D eigenvalue weighted by molar-refractivity contribution is -0.153. The molecule has 0 saturated heterocycles. The van der Waals surface area contributed by atoms with Crippen LogP contribution in [0.4, 0.5) is 13.2 Å². The predicted octanol–water partition coefficient (Wildman–Crippen LogP) is 4.20. The second-order valence-electron chi connectivity index (χ2n) is 6.68. The Labute approximate surface area is 192 Å². The number of benzene rings is 1. The fraction of sp³-hybridized carbons (Fsp3) is 0.500. The largest absolute Gasteiger partial charge is 0.484 e. The number of nitrogens with zero attached hydrogens (tertiary/aromatic N) is 3. The lowest BCUT2D eigenvalue weighted by Crippen LogP contribution is -2.38. The van der Waals surface area contributed by atoms with Crippen LogP contribution in [0.15, 0.2) is 35.3 Å². The number of aryl methyl sites for hydroxylation is 3. The van der Waals surface area contributed by atoms with Crippen molar-refractivity contribution in [2.45, 2.75) is 46.5 Å². The van der Waals surface area contributed by atoms with Crippen LogP contribution in [-0.2, 0) is 13.1 Å². The maximum Gasteiger partial charge on any atom is 0.422 e. The maximum atomic E-state index is 12.3. The highest BCUT2D eigenvalue weighted by Gasteiger charge is 2.28. The van der Waals surface area contributed by atoms with Crippen LogP contribution in [0.2, 0.25) is 0 Å². The van der Waals surface area contributed by atoms with Gasteiger partial charge in [-0.1, -0.05) is 12.1 Å². The quantitative estimate of drug-likeness (QED) is 0.217. The van der Waals surface area contributed by atoms with Crippen molar-refractivity contribution in [2.24, 2.45) is 4.99 Å². The van der Waals surface area contributed by atoms with Crippen LogP contribution >= 0.6 is 24.0 Å².